The summed E-state index contributed by atoms with van der Waals surface area (Å²) in [7, 11) is 2.92. The van der Waals surface area contributed by atoms with Gasteiger partial charge in [0.05, 0.1) is 12.8 Å². The molecule has 0 aliphatic heterocycles. The largest absolute Gasteiger partial charge is 0.508 e. The van der Waals surface area contributed by atoms with Gasteiger partial charge in [-0.15, -0.1) is 0 Å². The topological polar surface area (TPSA) is 127 Å². The molecule has 2 aromatic carbocycles. The lowest BCUT2D eigenvalue weighted by atomic mass is 10.2. The Morgan fingerprint density at radius 3 is 2.59 bits per heavy atom. The number of fused-ring (bicyclic) bond motifs is 1. The Morgan fingerprint density at radius 2 is 1.88 bits per heavy atom. The van der Waals surface area contributed by atoms with Gasteiger partial charge in [0.15, 0.2) is 11.2 Å². The van der Waals surface area contributed by atoms with Crippen LogP contribution < -0.4 is 16.7 Å². The maximum absolute atomic E-state index is 12.9. The van der Waals surface area contributed by atoms with Crippen molar-refractivity contribution in [3.8, 4) is 11.5 Å². The number of imidazole rings is 1. The number of hydrazone groups is 1. The highest BCUT2D eigenvalue weighted by atomic mass is 35.5. The van der Waals surface area contributed by atoms with Crippen LogP contribution in [-0.4, -0.2) is 35.1 Å². The lowest BCUT2D eigenvalue weighted by Crippen LogP contribution is -2.37. The zero-order valence-electron chi connectivity index (χ0n) is 17.2. The maximum atomic E-state index is 12.9. The predicted molar refractivity (Wildman–Crippen MR) is 122 cm³/mol. The normalized spacial score (nSPS) is 11.5. The molecule has 32 heavy (non-hydrogen) atoms. The number of aromatic nitrogens is 4. The summed E-state index contributed by atoms with van der Waals surface area (Å²) >= 11 is 6.32. The molecule has 4 aromatic rings. The molecule has 0 amide bonds. The number of halogens is 1. The van der Waals surface area contributed by atoms with Crippen LogP contribution in [0.1, 0.15) is 11.1 Å². The van der Waals surface area contributed by atoms with Crippen LogP contribution in [0.2, 0.25) is 5.02 Å². The first kappa shape index (κ1) is 21.2. The second-order valence-corrected chi connectivity index (χ2v) is 7.51. The van der Waals surface area contributed by atoms with Crippen LogP contribution in [0.15, 0.2) is 57.2 Å². The molecule has 0 saturated carbocycles. The monoisotopic (exact) mass is 454 g/mol. The van der Waals surface area contributed by atoms with Crippen molar-refractivity contribution >= 4 is 34.9 Å². The third-order valence-corrected chi connectivity index (χ3v) is 5.39. The van der Waals surface area contributed by atoms with Crippen LogP contribution in [0, 0.1) is 0 Å². The van der Waals surface area contributed by atoms with E-state index in [9.17, 15) is 19.8 Å². The van der Waals surface area contributed by atoms with Gasteiger partial charge in [0.25, 0.3) is 5.56 Å². The van der Waals surface area contributed by atoms with Gasteiger partial charge in [0, 0.05) is 30.7 Å². The maximum Gasteiger partial charge on any atom is 0.332 e. The van der Waals surface area contributed by atoms with E-state index < -0.39 is 11.2 Å². The minimum absolute atomic E-state index is 0.0779. The summed E-state index contributed by atoms with van der Waals surface area (Å²) < 4.78 is 3.88. The van der Waals surface area contributed by atoms with E-state index in [2.05, 4.69) is 15.5 Å². The molecule has 0 aliphatic carbocycles. The first-order valence-corrected chi connectivity index (χ1v) is 9.86. The molecular formula is C21H19ClN6O4. The average molecular weight is 455 g/mol. The highest BCUT2D eigenvalue weighted by Crippen LogP contribution is 2.23. The zero-order chi connectivity index (χ0) is 23.0. The van der Waals surface area contributed by atoms with E-state index in [0.717, 1.165) is 10.1 Å². The van der Waals surface area contributed by atoms with Gasteiger partial charge in [-0.3, -0.25) is 18.5 Å². The molecule has 0 fully saturated rings. The highest BCUT2D eigenvalue weighted by molar-refractivity contribution is 6.31. The fourth-order valence-corrected chi connectivity index (χ4v) is 3.48. The number of hydrogen-bond donors (Lipinski definition) is 3. The predicted octanol–water partition coefficient (Wildman–Crippen LogP) is 1.99. The van der Waals surface area contributed by atoms with Crippen molar-refractivity contribution in [1.82, 2.24) is 18.7 Å². The minimum atomic E-state index is -0.506. The number of phenols is 2. The van der Waals surface area contributed by atoms with E-state index >= 15 is 0 Å². The second-order valence-electron chi connectivity index (χ2n) is 7.10. The Kier molecular flexibility index (Phi) is 5.45. The van der Waals surface area contributed by atoms with Gasteiger partial charge in [0.2, 0.25) is 5.95 Å². The van der Waals surface area contributed by atoms with E-state index in [-0.39, 0.29) is 35.2 Å². The summed E-state index contributed by atoms with van der Waals surface area (Å²) in [6, 6.07) is 11.3. The summed E-state index contributed by atoms with van der Waals surface area (Å²) in [5.74, 6) is -0.0324. The average Bonchev–Trinajstić information content (AvgIpc) is 3.12. The van der Waals surface area contributed by atoms with Gasteiger partial charge in [-0.25, -0.2) is 10.2 Å². The summed E-state index contributed by atoms with van der Waals surface area (Å²) in [5, 5.41) is 23.9. The molecule has 0 atom stereocenters. The number of hydrogen-bond acceptors (Lipinski definition) is 7. The Morgan fingerprint density at radius 1 is 1.12 bits per heavy atom. The molecule has 2 aromatic heterocycles. The number of anilines is 1. The van der Waals surface area contributed by atoms with Crippen molar-refractivity contribution in [2.45, 2.75) is 6.54 Å². The van der Waals surface area contributed by atoms with E-state index in [0.29, 0.717) is 10.6 Å². The van der Waals surface area contributed by atoms with Crippen molar-refractivity contribution in [3.63, 3.8) is 0 Å². The molecule has 0 bridgehead atoms. The highest BCUT2D eigenvalue weighted by Gasteiger charge is 2.19. The molecule has 0 radical (unpaired) electrons. The standard InChI is InChI=1S/C21H19ClN6O4/c1-26-18-17(19(31)27(2)21(26)32)28(11-13-5-3-4-6-15(13)22)20(24-18)25-23-10-12-7-8-14(29)9-16(12)30/h3-10,29-30H,11H2,1-2H3,(H,24,25)/b23-10-. The summed E-state index contributed by atoms with van der Waals surface area (Å²) in [6.07, 6.45) is 1.34. The SMILES string of the molecule is Cn1c(=O)c2c(nc(N/N=C\c3ccc(O)cc3O)n2Cc2ccccc2Cl)n(C)c1=O. The van der Waals surface area contributed by atoms with Crippen LogP contribution >= 0.6 is 11.6 Å². The summed E-state index contributed by atoms with van der Waals surface area (Å²) in [5.41, 5.74) is 3.25. The number of phenolic OH excluding ortho intramolecular Hbond substituents is 2. The van der Waals surface area contributed by atoms with Crippen LogP contribution in [-0.2, 0) is 20.6 Å². The van der Waals surface area contributed by atoms with Crippen molar-refractivity contribution in [3.05, 3.63) is 79.5 Å². The number of aryl methyl sites for hydroxylation is 1. The third-order valence-electron chi connectivity index (χ3n) is 5.02. The first-order chi connectivity index (χ1) is 15.3. The molecule has 11 heteroatoms. The Labute approximate surface area is 186 Å². The molecule has 4 rings (SSSR count). The molecule has 164 valence electrons. The fourth-order valence-electron chi connectivity index (χ4n) is 3.28. The van der Waals surface area contributed by atoms with Crippen molar-refractivity contribution < 1.29 is 10.2 Å². The Hall–Kier alpha value is -4.05. The zero-order valence-corrected chi connectivity index (χ0v) is 17.9. The van der Waals surface area contributed by atoms with Crippen molar-refractivity contribution in [2.24, 2.45) is 19.2 Å². The Balaban J connectivity index is 1.84. The fraction of sp³-hybridized carbons (Fsp3) is 0.143. The van der Waals surface area contributed by atoms with Gasteiger partial charge in [-0.05, 0) is 23.8 Å². The van der Waals surface area contributed by atoms with Gasteiger partial charge in [-0.1, -0.05) is 29.8 Å². The number of benzene rings is 2. The minimum Gasteiger partial charge on any atom is -0.508 e. The quantitative estimate of drug-likeness (QED) is 0.312. The molecule has 0 saturated heterocycles. The number of nitrogens with zero attached hydrogens (tertiary/aromatic N) is 5. The van der Waals surface area contributed by atoms with Crippen LogP contribution in [0.25, 0.3) is 11.2 Å². The molecular weight excluding hydrogens is 436 g/mol. The molecule has 3 N–H and O–H groups in total. The van der Waals surface area contributed by atoms with Crippen molar-refractivity contribution in [1.29, 1.82) is 0 Å². The molecule has 0 spiro atoms. The molecule has 0 aliphatic rings. The third kappa shape index (κ3) is 3.71. The molecule has 10 nitrogen and oxygen atoms in total. The van der Waals surface area contributed by atoms with Gasteiger partial charge < -0.3 is 10.2 Å². The Bertz CT molecular complexity index is 1480. The lowest BCUT2D eigenvalue weighted by Gasteiger charge is -2.10. The van der Waals surface area contributed by atoms with E-state index in [1.165, 1.54) is 43.1 Å². The van der Waals surface area contributed by atoms with E-state index in [1.807, 2.05) is 12.1 Å². The van der Waals surface area contributed by atoms with Crippen LogP contribution in [0.3, 0.4) is 0 Å². The first-order valence-electron chi connectivity index (χ1n) is 9.48. The van der Waals surface area contributed by atoms with Gasteiger partial charge in [-0.2, -0.15) is 10.1 Å². The van der Waals surface area contributed by atoms with Crippen LogP contribution in [0.5, 0.6) is 11.5 Å². The lowest BCUT2D eigenvalue weighted by molar-refractivity contribution is 0.450. The van der Waals surface area contributed by atoms with Crippen LogP contribution in [0.4, 0.5) is 5.95 Å². The molecule has 2 heterocycles. The van der Waals surface area contributed by atoms with E-state index in [1.54, 1.807) is 16.7 Å². The molecule has 0 unspecified atom stereocenters. The number of nitrogens with one attached hydrogen (secondary N) is 1. The second kappa shape index (κ2) is 8.23. The smallest absolute Gasteiger partial charge is 0.332 e. The summed E-state index contributed by atoms with van der Waals surface area (Å²) in [6.45, 7) is 0.200. The van der Waals surface area contributed by atoms with E-state index in [4.69, 9.17) is 11.6 Å². The number of rotatable bonds is 5. The van der Waals surface area contributed by atoms with Crippen molar-refractivity contribution in [2.75, 3.05) is 5.43 Å². The summed E-state index contributed by atoms with van der Waals surface area (Å²) in [4.78, 5) is 29.7. The van der Waals surface area contributed by atoms with Gasteiger partial charge >= 0.3 is 5.69 Å². The van der Waals surface area contributed by atoms with Gasteiger partial charge in [0.1, 0.15) is 11.5 Å². The number of aromatic hydroxyl groups is 2.